The zero-order chi connectivity index (χ0) is 30.0. The van der Waals surface area contributed by atoms with E-state index in [0.717, 1.165) is 0 Å². The second-order valence-electron chi connectivity index (χ2n) is 11.1. The molecule has 1 unspecified atom stereocenters. The minimum absolute atomic E-state index is 0.130. The molecule has 0 radical (unpaired) electrons. The number of rotatable bonds is 12. The molecule has 0 bridgehead atoms. The average Bonchev–Trinajstić information content (AvgIpc) is 2.81. The quantitative estimate of drug-likeness (QED) is 0.328. The molecule has 1 atom stereocenters. The lowest BCUT2D eigenvalue weighted by atomic mass is 9.72. The molecule has 1 heterocycles. The number of ether oxygens (including phenoxy) is 1. The van der Waals surface area contributed by atoms with Gasteiger partial charge in [-0.3, -0.25) is 13.9 Å². The fraction of sp³-hybridized carbons (Fsp3) is 0.607. The second-order valence-corrected chi connectivity index (χ2v) is 13.7. The van der Waals surface area contributed by atoms with E-state index in [1.54, 1.807) is 106 Å². The summed E-state index contributed by atoms with van der Waals surface area (Å²) in [7, 11) is -3.82. The third-order valence-electron chi connectivity index (χ3n) is 7.51. The molecule has 0 saturated carbocycles. The van der Waals surface area contributed by atoms with Crippen LogP contribution in [0, 0.1) is 13.8 Å². The van der Waals surface area contributed by atoms with Crippen molar-refractivity contribution in [2.24, 2.45) is 0 Å². The molecule has 1 aromatic heterocycles. The molecular weight excluding hydrogens is 521 g/mol. The minimum atomic E-state index is -3.82. The average molecular weight is 566 g/mol. The number of nitrogens with one attached hydrogen (secondary N) is 1. The summed E-state index contributed by atoms with van der Waals surface area (Å²) in [5.74, 6) is -0.252. The predicted octanol–water partition coefficient (Wildman–Crippen LogP) is 5.40. The normalized spacial score (nSPS) is 14.7. The van der Waals surface area contributed by atoms with Crippen LogP contribution in [0.25, 0.3) is 0 Å². The Kier molecular flexibility index (Phi) is 9.80. The molecule has 0 spiro atoms. The van der Waals surface area contributed by atoms with Gasteiger partial charge in [0, 0.05) is 16.8 Å². The van der Waals surface area contributed by atoms with E-state index in [-0.39, 0.29) is 19.0 Å². The summed E-state index contributed by atoms with van der Waals surface area (Å²) in [5, 5.41) is 12.7. The molecule has 2 aromatic rings. The van der Waals surface area contributed by atoms with E-state index in [4.69, 9.17) is 13.8 Å². The van der Waals surface area contributed by atoms with E-state index in [0.29, 0.717) is 16.8 Å². The number of aliphatic hydroxyl groups is 1. The maximum absolute atomic E-state index is 13.8. The molecule has 0 aliphatic rings. The summed E-state index contributed by atoms with van der Waals surface area (Å²) in [5.41, 5.74) is -3.49. The van der Waals surface area contributed by atoms with Gasteiger partial charge in [-0.25, -0.2) is 4.79 Å². The van der Waals surface area contributed by atoms with Crippen molar-refractivity contribution in [3.63, 3.8) is 0 Å². The van der Waals surface area contributed by atoms with E-state index in [1.165, 1.54) is 4.57 Å². The van der Waals surface area contributed by atoms with Crippen molar-refractivity contribution in [1.82, 2.24) is 9.55 Å². The molecule has 0 aliphatic heterocycles. The van der Waals surface area contributed by atoms with Gasteiger partial charge in [-0.15, -0.1) is 0 Å². The zero-order valence-electron chi connectivity index (χ0n) is 25.0. The lowest BCUT2D eigenvalue weighted by molar-refractivity contribution is -0.238. The van der Waals surface area contributed by atoms with Crippen LogP contribution in [0.4, 0.5) is 5.82 Å². The molecule has 39 heavy (non-hydrogen) atoms. The topological polar surface area (TPSA) is 129 Å². The fourth-order valence-corrected chi connectivity index (χ4v) is 6.39. The van der Waals surface area contributed by atoms with Crippen LogP contribution in [0.3, 0.4) is 0 Å². The molecule has 11 heteroatoms. The maximum Gasteiger partial charge on any atom is 0.361 e. The van der Waals surface area contributed by atoms with E-state index in [2.05, 4.69) is 10.3 Å². The number of amides is 1. The highest BCUT2D eigenvalue weighted by Crippen LogP contribution is 2.62. The van der Waals surface area contributed by atoms with Gasteiger partial charge < -0.3 is 24.2 Å². The third-order valence-corrected chi connectivity index (χ3v) is 10.1. The lowest BCUT2D eigenvalue weighted by Gasteiger charge is -2.55. The van der Waals surface area contributed by atoms with Crippen molar-refractivity contribution in [1.29, 1.82) is 0 Å². The Morgan fingerprint density at radius 2 is 1.51 bits per heavy atom. The molecule has 10 nitrogen and oxygen atoms in total. The van der Waals surface area contributed by atoms with Gasteiger partial charge in [0.1, 0.15) is 11.4 Å². The highest BCUT2D eigenvalue weighted by atomic mass is 31.2. The van der Waals surface area contributed by atoms with Crippen molar-refractivity contribution < 1.29 is 28.3 Å². The first kappa shape index (κ1) is 32.8. The fourth-order valence-electron chi connectivity index (χ4n) is 4.72. The molecular formula is C28H44N3O7P. The molecule has 1 amide bonds. The van der Waals surface area contributed by atoms with Gasteiger partial charge in [-0.05, 0) is 88.3 Å². The summed E-state index contributed by atoms with van der Waals surface area (Å²) in [6, 6.07) is 8.63. The number of nitrogens with zero attached hydrogens (tertiary/aromatic N) is 2. The van der Waals surface area contributed by atoms with Crippen molar-refractivity contribution in [2.75, 3.05) is 18.5 Å². The van der Waals surface area contributed by atoms with Gasteiger partial charge in [-0.1, -0.05) is 18.2 Å². The summed E-state index contributed by atoms with van der Waals surface area (Å²) in [6.45, 7) is 18.6. The second kappa shape index (κ2) is 11.6. The Bertz CT molecular complexity index is 1270. The Morgan fingerprint density at radius 3 is 1.97 bits per heavy atom. The van der Waals surface area contributed by atoms with Gasteiger partial charge in [0.25, 0.3) is 5.91 Å². The predicted molar refractivity (Wildman–Crippen MR) is 152 cm³/mol. The first-order chi connectivity index (χ1) is 17.8. The van der Waals surface area contributed by atoms with Gasteiger partial charge in [-0.2, -0.15) is 4.98 Å². The molecule has 2 N–H and O–H groups in total. The summed E-state index contributed by atoms with van der Waals surface area (Å²) < 4.78 is 32.9. The number of anilines is 1. The number of benzene rings is 1. The van der Waals surface area contributed by atoms with Crippen LogP contribution in [-0.2, 0) is 23.9 Å². The van der Waals surface area contributed by atoms with Gasteiger partial charge >= 0.3 is 13.3 Å². The molecule has 0 aliphatic carbocycles. The Balaban J connectivity index is 2.67. The van der Waals surface area contributed by atoms with Crippen LogP contribution < -0.4 is 11.0 Å². The van der Waals surface area contributed by atoms with Crippen LogP contribution in [0.2, 0.25) is 0 Å². The van der Waals surface area contributed by atoms with Crippen LogP contribution in [0.1, 0.15) is 83.9 Å². The summed E-state index contributed by atoms with van der Waals surface area (Å²) in [4.78, 5) is 30.5. The van der Waals surface area contributed by atoms with Gasteiger partial charge in [0.15, 0.2) is 5.34 Å². The van der Waals surface area contributed by atoms with E-state index in [9.17, 15) is 19.3 Å². The van der Waals surface area contributed by atoms with Crippen LogP contribution in [-0.4, -0.2) is 50.3 Å². The molecule has 2 rings (SSSR count). The largest absolute Gasteiger partial charge is 0.387 e. The summed E-state index contributed by atoms with van der Waals surface area (Å²) >= 11 is 0. The van der Waals surface area contributed by atoms with E-state index < -0.39 is 41.3 Å². The smallest absolute Gasteiger partial charge is 0.361 e. The first-order valence-electron chi connectivity index (χ1n) is 13.1. The number of carbonyl (C=O) groups excluding carboxylic acids is 1. The first-order valence-corrected chi connectivity index (χ1v) is 14.6. The summed E-state index contributed by atoms with van der Waals surface area (Å²) in [6.07, 6.45) is 0. The Hall–Kier alpha value is -2.36. The monoisotopic (exact) mass is 565 g/mol. The zero-order valence-corrected chi connectivity index (χ0v) is 25.9. The van der Waals surface area contributed by atoms with Crippen LogP contribution in [0.15, 0.2) is 35.1 Å². The van der Waals surface area contributed by atoms with E-state index in [1.807, 2.05) is 0 Å². The van der Waals surface area contributed by atoms with Gasteiger partial charge in [0.2, 0.25) is 0 Å². The maximum atomic E-state index is 13.8. The van der Waals surface area contributed by atoms with Crippen LogP contribution >= 0.6 is 7.60 Å². The lowest BCUT2D eigenvalue weighted by Crippen LogP contribution is -2.67. The standard InChI is InChI=1S/C28H44N3O7P/c1-12-36-39(35,37-13-2)27(9,10)38-28(11,26(7,8)34)25(5,6)31-20(4)19(3)22(30-24(31)33)29-23(32)21-17-15-14-16-18-21/h14-18,34H,12-13H2,1-11H3,(H,29,30,32,33). The molecule has 218 valence electrons. The van der Waals surface area contributed by atoms with Crippen molar-refractivity contribution in [2.45, 2.75) is 98.2 Å². The number of carbonyl (C=O) groups is 1. The van der Waals surface area contributed by atoms with E-state index >= 15 is 0 Å². The van der Waals surface area contributed by atoms with Crippen molar-refractivity contribution >= 4 is 19.3 Å². The highest BCUT2D eigenvalue weighted by molar-refractivity contribution is 7.55. The van der Waals surface area contributed by atoms with Gasteiger partial charge in [0.05, 0.1) is 24.4 Å². The molecule has 0 saturated heterocycles. The minimum Gasteiger partial charge on any atom is -0.387 e. The Labute approximate surface area is 231 Å². The highest BCUT2D eigenvalue weighted by Gasteiger charge is 2.60. The molecule has 0 fully saturated rings. The molecule has 1 aromatic carbocycles. The number of hydrogen-bond donors (Lipinski definition) is 2. The Morgan fingerprint density at radius 1 is 1.00 bits per heavy atom. The number of aromatic nitrogens is 2. The van der Waals surface area contributed by atoms with Crippen molar-refractivity contribution in [3.8, 4) is 0 Å². The SMILES string of the molecule is CCOP(=O)(OCC)C(C)(C)OC(C)(C(C)(C)O)C(C)(C)n1c(C)c(C)c(NC(=O)c2ccccc2)nc1=O. The third kappa shape index (κ3) is 6.20. The number of hydrogen-bond acceptors (Lipinski definition) is 8. The van der Waals surface area contributed by atoms with Crippen molar-refractivity contribution in [3.05, 3.63) is 57.6 Å². The van der Waals surface area contributed by atoms with Crippen LogP contribution in [0.5, 0.6) is 0 Å².